The summed E-state index contributed by atoms with van der Waals surface area (Å²) >= 11 is 1.78. The lowest BCUT2D eigenvalue weighted by atomic mass is 9.93. The summed E-state index contributed by atoms with van der Waals surface area (Å²) in [6.45, 7) is 6.23. The molecule has 0 aliphatic carbocycles. The molecule has 11 heavy (non-hydrogen) atoms. The molecule has 1 heteroatoms. The Morgan fingerprint density at radius 3 is 2.45 bits per heavy atom. The maximum Gasteiger partial charge on any atom is 0.0597 e. The van der Waals surface area contributed by atoms with Crippen molar-refractivity contribution in [2.24, 2.45) is 0 Å². The maximum atomic E-state index is 5.40. The molecule has 1 heterocycles. The Morgan fingerprint density at radius 2 is 2.09 bits per heavy atom. The average molecular weight is 164 g/mol. The molecule has 0 saturated carbocycles. The summed E-state index contributed by atoms with van der Waals surface area (Å²) in [6.07, 6.45) is 5.40. The molecule has 1 rings (SSSR count). The van der Waals surface area contributed by atoms with Crippen molar-refractivity contribution in [2.75, 3.05) is 0 Å². The summed E-state index contributed by atoms with van der Waals surface area (Å²) in [7, 11) is 0. The van der Waals surface area contributed by atoms with Crippen molar-refractivity contribution in [2.45, 2.75) is 26.2 Å². The third kappa shape index (κ3) is 1.64. The average Bonchev–Trinajstić information content (AvgIpc) is 2.36. The van der Waals surface area contributed by atoms with Crippen molar-refractivity contribution >= 4 is 11.3 Å². The minimum Gasteiger partial charge on any atom is -0.144 e. The molecule has 0 atom stereocenters. The van der Waals surface area contributed by atoms with Crippen molar-refractivity contribution in [1.82, 2.24) is 0 Å². The lowest BCUT2D eigenvalue weighted by Crippen LogP contribution is -2.10. The first-order valence-corrected chi connectivity index (χ1v) is 4.42. The lowest BCUT2D eigenvalue weighted by Gasteiger charge is -2.14. The second-order valence-corrected chi connectivity index (χ2v) is 4.47. The summed E-state index contributed by atoms with van der Waals surface area (Å²) in [5.74, 6) is 2.78. The van der Waals surface area contributed by atoms with E-state index in [1.807, 2.05) is 0 Å². The van der Waals surface area contributed by atoms with E-state index < -0.39 is 0 Å². The van der Waals surface area contributed by atoms with Crippen molar-refractivity contribution in [3.63, 3.8) is 0 Å². The fourth-order valence-corrected chi connectivity index (χ4v) is 1.77. The molecule has 1 aromatic heterocycles. The first kappa shape index (κ1) is 8.36. The maximum absolute atomic E-state index is 5.40. The first-order valence-electron chi connectivity index (χ1n) is 3.61. The zero-order chi connectivity index (χ0) is 8.48. The van der Waals surface area contributed by atoms with Gasteiger partial charge in [-0.25, -0.2) is 0 Å². The van der Waals surface area contributed by atoms with Crippen LogP contribution in [-0.2, 0) is 5.41 Å². The van der Waals surface area contributed by atoms with E-state index in [2.05, 4.69) is 38.8 Å². The van der Waals surface area contributed by atoms with Crippen LogP contribution in [-0.4, -0.2) is 0 Å². The van der Waals surface area contributed by atoms with Crippen molar-refractivity contribution < 1.29 is 0 Å². The second-order valence-electron chi connectivity index (χ2n) is 3.18. The Morgan fingerprint density at radius 1 is 1.45 bits per heavy atom. The summed E-state index contributed by atoms with van der Waals surface area (Å²) in [5, 5.41) is 0. The van der Waals surface area contributed by atoms with E-state index in [-0.39, 0.29) is 5.41 Å². The molecule has 0 nitrogen and oxygen atoms in total. The summed E-state index contributed by atoms with van der Waals surface area (Å²) in [6, 6.07) is 4.22. The normalized spacial score (nSPS) is 11.1. The Kier molecular flexibility index (Phi) is 2.06. The third-order valence-electron chi connectivity index (χ3n) is 1.72. The van der Waals surface area contributed by atoms with Crippen LogP contribution in [0.3, 0.4) is 0 Å². The van der Waals surface area contributed by atoms with E-state index in [0.717, 1.165) is 0 Å². The molecule has 0 radical (unpaired) electrons. The van der Waals surface area contributed by atoms with Crippen LogP contribution in [0.5, 0.6) is 0 Å². The van der Waals surface area contributed by atoms with E-state index in [0.29, 0.717) is 0 Å². The molecule has 0 aromatic carbocycles. The van der Waals surface area contributed by atoms with Crippen molar-refractivity contribution in [1.29, 1.82) is 0 Å². The molecule has 0 unspecified atom stereocenters. The van der Waals surface area contributed by atoms with E-state index >= 15 is 0 Å². The Hall–Kier alpha value is -0.740. The molecule has 0 fully saturated rings. The van der Waals surface area contributed by atoms with Gasteiger partial charge in [0.1, 0.15) is 0 Å². The number of hydrogen-bond acceptors (Lipinski definition) is 1. The van der Waals surface area contributed by atoms with Gasteiger partial charge in [-0.15, -0.1) is 17.8 Å². The largest absolute Gasteiger partial charge is 0.144 e. The molecule has 1 aromatic rings. The van der Waals surface area contributed by atoms with Crippen LogP contribution >= 0.6 is 11.3 Å². The number of terminal acetylenes is 1. The molecule has 0 saturated heterocycles. The van der Waals surface area contributed by atoms with Crippen LogP contribution < -0.4 is 0 Å². The Labute approximate surface area is 72.3 Å². The Balaban J connectivity index is 3.04. The molecule has 0 spiro atoms. The molecule has 0 amide bonds. The molecule has 58 valence electrons. The smallest absolute Gasteiger partial charge is 0.0597 e. The highest BCUT2D eigenvalue weighted by Gasteiger charge is 2.18. The molecule has 0 aliphatic heterocycles. The van der Waals surface area contributed by atoms with Gasteiger partial charge in [-0.1, -0.05) is 5.92 Å². The van der Waals surface area contributed by atoms with Crippen LogP contribution in [0.15, 0.2) is 12.1 Å². The molecule has 0 bridgehead atoms. The molecule has 0 aliphatic rings. The van der Waals surface area contributed by atoms with Gasteiger partial charge in [-0.05, 0) is 32.9 Å². The molecular weight excluding hydrogens is 152 g/mol. The zero-order valence-electron chi connectivity index (χ0n) is 7.14. The zero-order valence-corrected chi connectivity index (χ0v) is 7.96. The summed E-state index contributed by atoms with van der Waals surface area (Å²) in [4.78, 5) is 2.60. The quantitative estimate of drug-likeness (QED) is 0.560. The predicted molar refractivity (Wildman–Crippen MR) is 50.9 cm³/mol. The standard InChI is InChI=1S/C10H12S/c1-5-10(3,4)9-7-6-8(2)11-9/h1,6-7H,2-4H3. The van der Waals surface area contributed by atoms with Crippen molar-refractivity contribution in [3.8, 4) is 12.3 Å². The third-order valence-corrected chi connectivity index (χ3v) is 3.04. The van der Waals surface area contributed by atoms with Gasteiger partial charge in [0.15, 0.2) is 0 Å². The monoisotopic (exact) mass is 164 g/mol. The number of thiophene rings is 1. The van der Waals surface area contributed by atoms with Crippen LogP contribution in [0, 0.1) is 19.3 Å². The number of aryl methyl sites for hydroxylation is 1. The van der Waals surface area contributed by atoms with Gasteiger partial charge in [0, 0.05) is 9.75 Å². The van der Waals surface area contributed by atoms with Gasteiger partial charge in [-0.2, -0.15) is 0 Å². The minimum absolute atomic E-state index is 0.0983. The van der Waals surface area contributed by atoms with Gasteiger partial charge in [-0.3, -0.25) is 0 Å². The Bertz CT molecular complexity index is 286. The highest BCUT2D eigenvalue weighted by molar-refractivity contribution is 7.12. The van der Waals surface area contributed by atoms with Crippen LogP contribution in [0.2, 0.25) is 0 Å². The minimum atomic E-state index is -0.0983. The van der Waals surface area contributed by atoms with Gasteiger partial charge in [0.2, 0.25) is 0 Å². The lowest BCUT2D eigenvalue weighted by molar-refractivity contribution is 0.716. The highest BCUT2D eigenvalue weighted by Crippen LogP contribution is 2.28. The topological polar surface area (TPSA) is 0 Å². The van der Waals surface area contributed by atoms with E-state index in [1.54, 1.807) is 11.3 Å². The van der Waals surface area contributed by atoms with E-state index in [1.165, 1.54) is 9.75 Å². The van der Waals surface area contributed by atoms with Crippen LogP contribution in [0.4, 0.5) is 0 Å². The van der Waals surface area contributed by atoms with Gasteiger partial charge in [0.05, 0.1) is 5.41 Å². The first-order chi connectivity index (χ1) is 5.06. The fraction of sp³-hybridized carbons (Fsp3) is 0.400. The fourth-order valence-electron chi connectivity index (χ4n) is 0.842. The van der Waals surface area contributed by atoms with Gasteiger partial charge < -0.3 is 0 Å². The summed E-state index contributed by atoms with van der Waals surface area (Å²) in [5.41, 5.74) is -0.0983. The summed E-state index contributed by atoms with van der Waals surface area (Å²) < 4.78 is 0. The van der Waals surface area contributed by atoms with Gasteiger partial charge >= 0.3 is 0 Å². The number of hydrogen-bond donors (Lipinski definition) is 0. The molecule has 0 N–H and O–H groups in total. The van der Waals surface area contributed by atoms with E-state index in [9.17, 15) is 0 Å². The van der Waals surface area contributed by atoms with Gasteiger partial charge in [0.25, 0.3) is 0 Å². The van der Waals surface area contributed by atoms with Crippen molar-refractivity contribution in [3.05, 3.63) is 21.9 Å². The van der Waals surface area contributed by atoms with Crippen LogP contribution in [0.1, 0.15) is 23.6 Å². The van der Waals surface area contributed by atoms with Crippen LogP contribution in [0.25, 0.3) is 0 Å². The highest BCUT2D eigenvalue weighted by atomic mass is 32.1. The predicted octanol–water partition coefficient (Wildman–Crippen LogP) is 2.97. The number of rotatable bonds is 1. The van der Waals surface area contributed by atoms with E-state index in [4.69, 9.17) is 6.42 Å². The molecular formula is C10H12S. The SMILES string of the molecule is C#CC(C)(C)c1ccc(C)s1. The second kappa shape index (κ2) is 2.71.